The van der Waals surface area contributed by atoms with Gasteiger partial charge in [0.25, 0.3) is 5.79 Å². The number of nitrogens with zero attached hydrogens (tertiary/aromatic N) is 1. The number of carbonyl (C=O) groups excluding carboxylic acids is 1. The Morgan fingerprint density at radius 2 is 1.93 bits per heavy atom. The molecule has 5 nitrogen and oxygen atoms in total. The number of benzene rings is 2. The number of aryl methyl sites for hydroxylation is 1. The number of hydrogen-bond acceptors (Lipinski definition) is 5. The van der Waals surface area contributed by atoms with Crippen molar-refractivity contribution in [2.45, 2.75) is 51.2 Å². The lowest BCUT2D eigenvalue weighted by molar-refractivity contribution is -0.115. The lowest BCUT2D eigenvalue weighted by atomic mass is 9.94. The van der Waals surface area contributed by atoms with E-state index in [1.54, 1.807) is 11.3 Å². The van der Waals surface area contributed by atoms with Gasteiger partial charge < -0.3 is 14.8 Å². The molecule has 0 saturated heterocycles. The van der Waals surface area contributed by atoms with Crippen molar-refractivity contribution in [3.8, 4) is 22.1 Å². The van der Waals surface area contributed by atoms with Gasteiger partial charge in [0.15, 0.2) is 11.5 Å². The fraction of sp³-hybridized carbons (Fsp3) is 0.333. The summed E-state index contributed by atoms with van der Waals surface area (Å²) in [7, 11) is 0. The van der Waals surface area contributed by atoms with Crippen LogP contribution in [0.3, 0.4) is 0 Å². The van der Waals surface area contributed by atoms with Crippen molar-refractivity contribution in [3.05, 3.63) is 59.1 Å². The zero-order valence-corrected chi connectivity index (χ0v) is 17.8. The maximum absolute atomic E-state index is 12.6. The van der Waals surface area contributed by atoms with Gasteiger partial charge in [-0.1, -0.05) is 30.2 Å². The van der Waals surface area contributed by atoms with Gasteiger partial charge >= 0.3 is 0 Å². The quantitative estimate of drug-likeness (QED) is 0.585. The van der Waals surface area contributed by atoms with Crippen LogP contribution in [0, 0.1) is 6.92 Å². The van der Waals surface area contributed by atoms with Crippen LogP contribution in [0.25, 0.3) is 10.6 Å². The summed E-state index contributed by atoms with van der Waals surface area (Å²) in [5.74, 6) is 0.875. The van der Waals surface area contributed by atoms with E-state index < -0.39 is 5.79 Å². The Hall–Kier alpha value is -2.86. The fourth-order valence-electron chi connectivity index (χ4n) is 4.13. The fourth-order valence-corrected chi connectivity index (χ4v) is 4.95. The van der Waals surface area contributed by atoms with Crippen LogP contribution in [-0.4, -0.2) is 16.7 Å². The van der Waals surface area contributed by atoms with E-state index in [0.717, 1.165) is 47.7 Å². The minimum atomic E-state index is -0.504. The third-order valence-electron chi connectivity index (χ3n) is 5.59. The van der Waals surface area contributed by atoms with E-state index in [0.29, 0.717) is 11.4 Å². The Kier molecular flexibility index (Phi) is 4.95. The number of anilines is 1. The molecular formula is C24H24N2O3S. The van der Waals surface area contributed by atoms with E-state index in [4.69, 9.17) is 9.47 Å². The van der Waals surface area contributed by atoms with Crippen LogP contribution in [0.4, 0.5) is 5.69 Å². The number of carbonyl (C=O) groups is 1. The van der Waals surface area contributed by atoms with Crippen LogP contribution in [0.1, 0.15) is 43.4 Å². The summed E-state index contributed by atoms with van der Waals surface area (Å²) < 4.78 is 12.3. The van der Waals surface area contributed by atoms with Crippen molar-refractivity contribution >= 4 is 22.9 Å². The highest BCUT2D eigenvalue weighted by Crippen LogP contribution is 2.46. The van der Waals surface area contributed by atoms with Crippen LogP contribution in [0.2, 0.25) is 0 Å². The lowest BCUT2D eigenvalue weighted by Crippen LogP contribution is -2.40. The highest BCUT2D eigenvalue weighted by atomic mass is 32.1. The molecule has 1 N–H and O–H groups in total. The number of nitrogens with one attached hydrogen (secondary N) is 1. The average molecular weight is 421 g/mol. The van der Waals surface area contributed by atoms with E-state index in [2.05, 4.69) is 29.4 Å². The molecule has 6 heteroatoms. The van der Waals surface area contributed by atoms with Crippen LogP contribution >= 0.6 is 11.3 Å². The standard InChI is InChI=1S/C24H24N2O3S/c1-16-6-5-7-17(12-16)23-26-19(15-30-23)14-22(27)25-18-8-9-20-21(13-18)29-24(28-20)10-3-2-4-11-24/h5-9,12-13,15H,2-4,10-11,14H2,1H3,(H,25,27). The Balaban J connectivity index is 1.23. The molecule has 3 aromatic rings. The molecule has 1 amide bonds. The molecule has 1 aromatic heterocycles. The molecule has 0 radical (unpaired) electrons. The highest BCUT2D eigenvalue weighted by molar-refractivity contribution is 7.13. The zero-order chi connectivity index (χ0) is 20.6. The predicted molar refractivity (Wildman–Crippen MR) is 118 cm³/mol. The van der Waals surface area contributed by atoms with E-state index >= 15 is 0 Å². The topological polar surface area (TPSA) is 60.5 Å². The van der Waals surface area contributed by atoms with Crippen LogP contribution < -0.4 is 14.8 Å². The highest BCUT2D eigenvalue weighted by Gasteiger charge is 2.42. The molecule has 1 aliphatic carbocycles. The SMILES string of the molecule is Cc1cccc(-c2nc(CC(=O)Nc3ccc4c(c3)OC3(CCCCC3)O4)cs2)c1. The summed E-state index contributed by atoms with van der Waals surface area (Å²) in [4.78, 5) is 17.2. The van der Waals surface area contributed by atoms with Gasteiger partial charge in [0.05, 0.1) is 12.1 Å². The molecule has 2 aromatic carbocycles. The summed E-state index contributed by atoms with van der Waals surface area (Å²) in [6.45, 7) is 2.06. The molecule has 2 heterocycles. The van der Waals surface area contributed by atoms with E-state index in [1.807, 2.05) is 35.7 Å². The first-order chi connectivity index (χ1) is 14.6. The van der Waals surface area contributed by atoms with Crippen molar-refractivity contribution in [1.82, 2.24) is 4.98 Å². The predicted octanol–water partition coefficient (Wildman–Crippen LogP) is 5.73. The summed E-state index contributed by atoms with van der Waals surface area (Å²) in [5.41, 5.74) is 3.76. The summed E-state index contributed by atoms with van der Waals surface area (Å²) >= 11 is 1.56. The first-order valence-electron chi connectivity index (χ1n) is 10.4. The van der Waals surface area contributed by atoms with Crippen LogP contribution in [0.15, 0.2) is 47.8 Å². The molecule has 154 valence electrons. The lowest BCUT2D eigenvalue weighted by Gasteiger charge is -2.31. The van der Waals surface area contributed by atoms with Gasteiger partial charge in [-0.05, 0) is 38.0 Å². The van der Waals surface area contributed by atoms with Crippen molar-refractivity contribution < 1.29 is 14.3 Å². The first kappa shape index (κ1) is 19.1. The van der Waals surface area contributed by atoms with Crippen molar-refractivity contribution in [3.63, 3.8) is 0 Å². The Morgan fingerprint density at radius 3 is 2.77 bits per heavy atom. The second kappa shape index (κ2) is 7.76. The second-order valence-corrected chi connectivity index (χ2v) is 8.93. The Bertz CT molecular complexity index is 1090. The summed E-state index contributed by atoms with van der Waals surface area (Å²) in [6.07, 6.45) is 5.54. The van der Waals surface area contributed by atoms with Crippen LogP contribution in [0.5, 0.6) is 11.5 Å². The van der Waals surface area contributed by atoms with Gasteiger partial charge in [-0.3, -0.25) is 4.79 Å². The number of hydrogen-bond donors (Lipinski definition) is 1. The first-order valence-corrected chi connectivity index (χ1v) is 11.3. The maximum Gasteiger partial charge on any atom is 0.251 e. The van der Waals surface area contributed by atoms with Gasteiger partial charge in [0.2, 0.25) is 5.91 Å². The third-order valence-corrected chi connectivity index (χ3v) is 6.53. The maximum atomic E-state index is 12.6. The Labute approximate surface area is 180 Å². The van der Waals surface area contributed by atoms with Crippen molar-refractivity contribution in [2.75, 3.05) is 5.32 Å². The minimum absolute atomic E-state index is 0.0951. The largest absolute Gasteiger partial charge is 0.448 e. The number of amides is 1. The van der Waals surface area contributed by atoms with Gasteiger partial charge in [-0.15, -0.1) is 11.3 Å². The molecule has 1 fully saturated rings. The second-order valence-electron chi connectivity index (χ2n) is 8.08. The minimum Gasteiger partial charge on any atom is -0.448 e. The van der Waals surface area contributed by atoms with Gasteiger partial charge in [-0.25, -0.2) is 4.98 Å². The van der Waals surface area contributed by atoms with E-state index in [-0.39, 0.29) is 12.3 Å². The average Bonchev–Trinajstić information content (AvgIpc) is 3.32. The molecule has 0 atom stereocenters. The van der Waals surface area contributed by atoms with Gasteiger partial charge in [-0.2, -0.15) is 0 Å². The molecule has 1 spiro atoms. The van der Waals surface area contributed by atoms with Crippen molar-refractivity contribution in [2.24, 2.45) is 0 Å². The number of fused-ring (bicyclic) bond motifs is 1. The summed E-state index contributed by atoms with van der Waals surface area (Å²) in [6, 6.07) is 13.8. The molecule has 0 unspecified atom stereocenters. The molecule has 5 rings (SSSR count). The number of thiazole rings is 1. The molecule has 0 bridgehead atoms. The van der Waals surface area contributed by atoms with E-state index in [1.165, 1.54) is 12.0 Å². The number of ether oxygens (including phenoxy) is 2. The van der Waals surface area contributed by atoms with Gasteiger partial charge in [0, 0.05) is 35.5 Å². The monoisotopic (exact) mass is 420 g/mol. The van der Waals surface area contributed by atoms with Crippen LogP contribution in [-0.2, 0) is 11.2 Å². The zero-order valence-electron chi connectivity index (χ0n) is 16.9. The Morgan fingerprint density at radius 1 is 1.10 bits per heavy atom. The number of rotatable bonds is 4. The number of aromatic nitrogens is 1. The molecular weight excluding hydrogens is 396 g/mol. The molecule has 30 heavy (non-hydrogen) atoms. The van der Waals surface area contributed by atoms with Gasteiger partial charge in [0.1, 0.15) is 5.01 Å². The van der Waals surface area contributed by atoms with Crippen molar-refractivity contribution in [1.29, 1.82) is 0 Å². The normalized spacial score (nSPS) is 16.6. The smallest absolute Gasteiger partial charge is 0.251 e. The molecule has 2 aliphatic rings. The molecule has 1 aliphatic heterocycles. The summed E-state index contributed by atoms with van der Waals surface area (Å²) in [5, 5.41) is 5.84. The molecule has 1 saturated carbocycles. The van der Waals surface area contributed by atoms with E-state index in [9.17, 15) is 4.79 Å². The third kappa shape index (κ3) is 3.92.